The summed E-state index contributed by atoms with van der Waals surface area (Å²) in [4.78, 5) is 2.17. The molecule has 21 heavy (non-hydrogen) atoms. The zero-order valence-corrected chi connectivity index (χ0v) is 13.0. The van der Waals surface area contributed by atoms with E-state index in [1.54, 1.807) is 0 Å². The highest BCUT2D eigenvalue weighted by Gasteiger charge is 1.97. The molecule has 0 saturated heterocycles. The Bertz CT molecular complexity index is 570. The van der Waals surface area contributed by atoms with Crippen LogP contribution in [0.25, 0.3) is 6.08 Å². The van der Waals surface area contributed by atoms with Crippen LogP contribution in [0.3, 0.4) is 0 Å². The van der Waals surface area contributed by atoms with E-state index in [0.29, 0.717) is 6.61 Å². The molecule has 0 fully saturated rings. The third-order valence-electron chi connectivity index (χ3n) is 3.11. The summed E-state index contributed by atoms with van der Waals surface area (Å²) in [6.45, 7) is 3.74. The molecule has 2 nitrogen and oxygen atoms in total. The largest absolute Gasteiger partial charge is 0.489 e. The van der Waals surface area contributed by atoms with Crippen LogP contribution in [0.15, 0.2) is 60.2 Å². The van der Waals surface area contributed by atoms with E-state index in [-0.39, 0.29) is 0 Å². The van der Waals surface area contributed by atoms with Crippen molar-refractivity contribution in [2.24, 2.45) is 0 Å². The summed E-state index contributed by atoms with van der Waals surface area (Å²) < 4.78 is 5.79. The van der Waals surface area contributed by atoms with Crippen molar-refractivity contribution in [2.75, 3.05) is 20.6 Å². The van der Waals surface area contributed by atoms with E-state index < -0.39 is 0 Å². The molecule has 2 rings (SSSR count). The molecule has 2 aromatic carbocycles. The lowest BCUT2D eigenvalue weighted by Gasteiger charge is -2.10. The molecule has 2 aromatic rings. The van der Waals surface area contributed by atoms with Gasteiger partial charge in [0.1, 0.15) is 12.4 Å². The van der Waals surface area contributed by atoms with Crippen molar-refractivity contribution in [3.63, 3.8) is 0 Å². The van der Waals surface area contributed by atoms with Crippen molar-refractivity contribution in [3.05, 3.63) is 71.3 Å². The average Bonchev–Trinajstić information content (AvgIpc) is 2.47. The minimum absolute atomic E-state index is 0.607. The molecular formula is C19H23NO. The molecule has 0 bridgehead atoms. The first-order chi connectivity index (χ1) is 10.1. The standard InChI is InChI=1S/C19H23NO/c1-16(14-20(2)3)13-17-9-11-19(12-10-17)21-15-18-7-5-4-6-8-18/h4-13H,14-15H2,1-3H3. The van der Waals surface area contributed by atoms with Crippen LogP contribution in [0, 0.1) is 0 Å². The number of hydrogen-bond donors (Lipinski definition) is 0. The van der Waals surface area contributed by atoms with Crippen LogP contribution in [-0.2, 0) is 6.61 Å². The maximum absolute atomic E-state index is 5.79. The molecule has 0 aromatic heterocycles. The molecule has 0 amide bonds. The monoisotopic (exact) mass is 281 g/mol. The molecule has 0 unspecified atom stereocenters. The normalized spacial score (nSPS) is 11.7. The summed E-state index contributed by atoms with van der Waals surface area (Å²) in [5.41, 5.74) is 3.74. The van der Waals surface area contributed by atoms with Gasteiger partial charge in [-0.05, 0) is 44.3 Å². The smallest absolute Gasteiger partial charge is 0.119 e. The Kier molecular flexibility index (Phi) is 5.59. The number of hydrogen-bond acceptors (Lipinski definition) is 2. The fourth-order valence-corrected chi connectivity index (χ4v) is 2.23. The first-order valence-electron chi connectivity index (χ1n) is 7.22. The van der Waals surface area contributed by atoms with Gasteiger partial charge in [-0.25, -0.2) is 0 Å². The SMILES string of the molecule is CC(=Cc1ccc(OCc2ccccc2)cc1)CN(C)C. The number of rotatable bonds is 6. The Morgan fingerprint density at radius 1 is 1.00 bits per heavy atom. The van der Waals surface area contributed by atoms with E-state index in [1.165, 1.54) is 16.7 Å². The minimum atomic E-state index is 0.607. The Hall–Kier alpha value is -2.06. The number of benzene rings is 2. The third kappa shape index (κ3) is 5.44. The van der Waals surface area contributed by atoms with Crippen LogP contribution in [0.2, 0.25) is 0 Å². The summed E-state index contributed by atoms with van der Waals surface area (Å²) in [6, 6.07) is 18.5. The zero-order chi connectivity index (χ0) is 15.1. The van der Waals surface area contributed by atoms with Crippen molar-refractivity contribution in [3.8, 4) is 5.75 Å². The predicted octanol–water partition coefficient (Wildman–Crippen LogP) is 4.23. The van der Waals surface area contributed by atoms with E-state index >= 15 is 0 Å². The Labute approximate surface area is 127 Å². The minimum Gasteiger partial charge on any atom is -0.489 e. The van der Waals surface area contributed by atoms with Gasteiger partial charge in [0, 0.05) is 6.54 Å². The van der Waals surface area contributed by atoms with Crippen molar-refractivity contribution in [1.82, 2.24) is 4.90 Å². The molecule has 0 atom stereocenters. The summed E-state index contributed by atoms with van der Waals surface area (Å²) in [5, 5.41) is 0. The molecule has 2 heteroatoms. The van der Waals surface area contributed by atoms with Gasteiger partial charge >= 0.3 is 0 Å². The van der Waals surface area contributed by atoms with Gasteiger partial charge in [0.15, 0.2) is 0 Å². The summed E-state index contributed by atoms with van der Waals surface area (Å²) >= 11 is 0. The van der Waals surface area contributed by atoms with Crippen LogP contribution in [0.1, 0.15) is 18.1 Å². The topological polar surface area (TPSA) is 12.5 Å². The van der Waals surface area contributed by atoms with Gasteiger partial charge < -0.3 is 9.64 Å². The van der Waals surface area contributed by atoms with Crippen LogP contribution in [0.4, 0.5) is 0 Å². The van der Waals surface area contributed by atoms with Crippen LogP contribution in [-0.4, -0.2) is 25.5 Å². The molecule has 0 radical (unpaired) electrons. The molecule has 110 valence electrons. The highest BCUT2D eigenvalue weighted by atomic mass is 16.5. The molecular weight excluding hydrogens is 258 g/mol. The summed E-state index contributed by atoms with van der Waals surface area (Å²) in [5.74, 6) is 0.904. The zero-order valence-electron chi connectivity index (χ0n) is 13.0. The van der Waals surface area contributed by atoms with E-state index in [9.17, 15) is 0 Å². The quantitative estimate of drug-likeness (QED) is 0.785. The fraction of sp³-hybridized carbons (Fsp3) is 0.263. The maximum Gasteiger partial charge on any atom is 0.119 e. The average molecular weight is 281 g/mol. The first-order valence-corrected chi connectivity index (χ1v) is 7.22. The second kappa shape index (κ2) is 7.65. The second-order valence-electron chi connectivity index (χ2n) is 5.57. The fourth-order valence-electron chi connectivity index (χ4n) is 2.23. The Morgan fingerprint density at radius 2 is 1.67 bits per heavy atom. The van der Waals surface area contributed by atoms with E-state index in [4.69, 9.17) is 4.74 Å². The van der Waals surface area contributed by atoms with Crippen molar-refractivity contribution in [1.29, 1.82) is 0 Å². The van der Waals surface area contributed by atoms with Gasteiger partial charge in [-0.15, -0.1) is 0 Å². The lowest BCUT2D eigenvalue weighted by Crippen LogP contribution is -2.13. The van der Waals surface area contributed by atoms with Crippen molar-refractivity contribution >= 4 is 6.08 Å². The highest BCUT2D eigenvalue weighted by molar-refractivity contribution is 5.53. The molecule has 0 aliphatic rings. The molecule has 0 spiro atoms. The maximum atomic E-state index is 5.79. The Balaban J connectivity index is 1.93. The second-order valence-corrected chi connectivity index (χ2v) is 5.57. The van der Waals surface area contributed by atoms with Crippen LogP contribution < -0.4 is 4.74 Å². The lowest BCUT2D eigenvalue weighted by atomic mass is 10.1. The van der Waals surface area contributed by atoms with Gasteiger partial charge in [-0.2, -0.15) is 0 Å². The van der Waals surface area contributed by atoms with Crippen molar-refractivity contribution in [2.45, 2.75) is 13.5 Å². The summed E-state index contributed by atoms with van der Waals surface area (Å²) in [6.07, 6.45) is 2.21. The Morgan fingerprint density at radius 3 is 2.29 bits per heavy atom. The number of ether oxygens (including phenoxy) is 1. The lowest BCUT2D eigenvalue weighted by molar-refractivity contribution is 0.306. The van der Waals surface area contributed by atoms with Crippen LogP contribution >= 0.6 is 0 Å². The van der Waals surface area contributed by atoms with Gasteiger partial charge in [0.25, 0.3) is 0 Å². The third-order valence-corrected chi connectivity index (χ3v) is 3.11. The molecule has 0 saturated carbocycles. The molecule has 0 heterocycles. The van der Waals surface area contributed by atoms with E-state index in [0.717, 1.165) is 12.3 Å². The van der Waals surface area contributed by atoms with E-state index in [1.807, 2.05) is 30.3 Å². The molecule has 0 N–H and O–H groups in total. The van der Waals surface area contributed by atoms with E-state index in [2.05, 4.69) is 56.3 Å². The summed E-state index contributed by atoms with van der Waals surface area (Å²) in [7, 11) is 4.16. The molecule has 0 aliphatic heterocycles. The van der Waals surface area contributed by atoms with Gasteiger partial charge in [-0.3, -0.25) is 0 Å². The molecule has 0 aliphatic carbocycles. The van der Waals surface area contributed by atoms with Crippen molar-refractivity contribution < 1.29 is 4.74 Å². The predicted molar refractivity (Wildman–Crippen MR) is 89.4 cm³/mol. The number of likely N-dealkylation sites (N-methyl/N-ethyl adjacent to an activating group) is 1. The number of nitrogens with zero attached hydrogens (tertiary/aromatic N) is 1. The first kappa shape index (κ1) is 15.3. The van der Waals surface area contributed by atoms with Gasteiger partial charge in [-0.1, -0.05) is 54.1 Å². The van der Waals surface area contributed by atoms with Crippen LogP contribution in [0.5, 0.6) is 5.75 Å². The van der Waals surface area contributed by atoms with Gasteiger partial charge in [0.2, 0.25) is 0 Å². The highest BCUT2D eigenvalue weighted by Crippen LogP contribution is 2.16. The van der Waals surface area contributed by atoms with Gasteiger partial charge in [0.05, 0.1) is 0 Å².